The van der Waals surface area contributed by atoms with Gasteiger partial charge < -0.3 is 4.90 Å². The number of amides is 1. The fraction of sp³-hybridized carbons (Fsp3) is 0.304. The van der Waals surface area contributed by atoms with Gasteiger partial charge in [-0.15, -0.1) is 0 Å². The topological polar surface area (TPSA) is 92.2 Å². The molecule has 1 fully saturated rings. The van der Waals surface area contributed by atoms with Crippen molar-refractivity contribution in [3.8, 4) is 0 Å². The molecule has 7 heteroatoms. The second-order valence-corrected chi connectivity index (χ2v) is 7.56. The van der Waals surface area contributed by atoms with Gasteiger partial charge in [0.05, 0.1) is 10.9 Å². The van der Waals surface area contributed by atoms with E-state index in [1.54, 1.807) is 29.2 Å². The molecule has 3 aromatic rings. The van der Waals surface area contributed by atoms with E-state index in [1.807, 2.05) is 30.3 Å². The Morgan fingerprint density at radius 2 is 1.60 bits per heavy atom. The number of rotatable bonds is 5. The van der Waals surface area contributed by atoms with Crippen molar-refractivity contribution in [3.63, 3.8) is 0 Å². The lowest BCUT2D eigenvalue weighted by Gasteiger charge is -2.31. The van der Waals surface area contributed by atoms with E-state index in [-0.39, 0.29) is 30.6 Å². The molecule has 2 aromatic carbocycles. The van der Waals surface area contributed by atoms with Crippen LogP contribution in [0.1, 0.15) is 29.6 Å². The standard InChI is InChI=1S/C23H23N3O4/c27-20(12-15-26-19-9-5-4-8-18(19)22(29)24-23(26)30)25-13-10-17(11-14-25)21(28)16-6-2-1-3-7-16/h1-9,17H,10-15H2,(H,24,29,30). The number of hydrogen-bond donors (Lipinski definition) is 1. The second kappa shape index (κ2) is 8.49. The molecular formula is C23H23N3O4. The number of fused-ring (bicyclic) bond motifs is 1. The molecular weight excluding hydrogens is 382 g/mol. The highest BCUT2D eigenvalue weighted by molar-refractivity contribution is 5.98. The molecule has 1 aliphatic rings. The minimum atomic E-state index is -0.515. The number of likely N-dealkylation sites (tertiary alicyclic amines) is 1. The number of H-pyrrole nitrogens is 1. The first-order valence-corrected chi connectivity index (χ1v) is 10.1. The van der Waals surface area contributed by atoms with Crippen LogP contribution in [0.2, 0.25) is 0 Å². The number of benzene rings is 2. The zero-order valence-corrected chi connectivity index (χ0v) is 16.5. The van der Waals surface area contributed by atoms with Gasteiger partial charge in [-0.05, 0) is 25.0 Å². The predicted molar refractivity (Wildman–Crippen MR) is 114 cm³/mol. The van der Waals surface area contributed by atoms with Crippen LogP contribution in [-0.2, 0) is 11.3 Å². The summed E-state index contributed by atoms with van der Waals surface area (Å²) >= 11 is 0. The highest BCUT2D eigenvalue weighted by Crippen LogP contribution is 2.22. The van der Waals surface area contributed by atoms with Crippen molar-refractivity contribution in [1.29, 1.82) is 0 Å². The first-order valence-electron chi connectivity index (χ1n) is 10.1. The van der Waals surface area contributed by atoms with Crippen LogP contribution in [0.3, 0.4) is 0 Å². The number of piperidine rings is 1. The minimum Gasteiger partial charge on any atom is -0.343 e. The van der Waals surface area contributed by atoms with E-state index in [0.717, 1.165) is 0 Å². The summed E-state index contributed by atoms with van der Waals surface area (Å²) in [7, 11) is 0. The maximum absolute atomic E-state index is 12.7. The summed E-state index contributed by atoms with van der Waals surface area (Å²) in [5.41, 5.74) is 0.291. The third-order valence-electron chi connectivity index (χ3n) is 5.73. The number of Topliss-reactive ketones (excluding diaryl/α,β-unsaturated/α-hetero) is 1. The van der Waals surface area contributed by atoms with Crippen LogP contribution >= 0.6 is 0 Å². The van der Waals surface area contributed by atoms with Crippen molar-refractivity contribution < 1.29 is 9.59 Å². The van der Waals surface area contributed by atoms with Crippen molar-refractivity contribution in [2.75, 3.05) is 13.1 Å². The van der Waals surface area contributed by atoms with Crippen LogP contribution in [0, 0.1) is 5.92 Å². The van der Waals surface area contributed by atoms with Gasteiger partial charge in [-0.2, -0.15) is 0 Å². The maximum atomic E-state index is 12.7. The highest BCUT2D eigenvalue weighted by Gasteiger charge is 2.27. The number of nitrogens with one attached hydrogen (secondary N) is 1. The maximum Gasteiger partial charge on any atom is 0.328 e. The molecule has 1 amide bonds. The van der Waals surface area contributed by atoms with Gasteiger partial charge >= 0.3 is 5.69 Å². The van der Waals surface area contributed by atoms with Gasteiger partial charge in [-0.1, -0.05) is 42.5 Å². The molecule has 0 aliphatic carbocycles. The summed E-state index contributed by atoms with van der Waals surface area (Å²) in [5.74, 6) is 0.0129. The third-order valence-corrected chi connectivity index (χ3v) is 5.73. The van der Waals surface area contributed by atoms with Gasteiger partial charge in [0.1, 0.15) is 0 Å². The summed E-state index contributed by atoms with van der Waals surface area (Å²) in [6, 6.07) is 16.1. The van der Waals surface area contributed by atoms with E-state index in [1.165, 1.54) is 4.57 Å². The largest absolute Gasteiger partial charge is 0.343 e. The molecule has 0 spiro atoms. The molecule has 30 heavy (non-hydrogen) atoms. The number of para-hydroxylation sites is 1. The molecule has 4 rings (SSSR count). The van der Waals surface area contributed by atoms with Crippen LogP contribution in [0.4, 0.5) is 0 Å². The molecule has 0 unspecified atom stereocenters. The van der Waals surface area contributed by atoms with Crippen LogP contribution in [0.15, 0.2) is 64.2 Å². The molecule has 7 nitrogen and oxygen atoms in total. The quantitative estimate of drug-likeness (QED) is 0.659. The molecule has 1 aliphatic heterocycles. The molecule has 2 heterocycles. The predicted octanol–water partition coefficient (Wildman–Crippen LogP) is 2.20. The number of carbonyl (C=O) groups is 2. The minimum absolute atomic E-state index is 0.0530. The molecule has 0 radical (unpaired) electrons. The Morgan fingerprint density at radius 3 is 2.33 bits per heavy atom. The van der Waals surface area contributed by atoms with Crippen LogP contribution in [-0.4, -0.2) is 39.2 Å². The molecule has 1 saturated heterocycles. The number of hydrogen-bond acceptors (Lipinski definition) is 4. The first kappa shape index (κ1) is 19.8. The van der Waals surface area contributed by atoms with Gasteiger partial charge in [-0.3, -0.25) is 23.9 Å². The summed E-state index contributed by atoms with van der Waals surface area (Å²) in [6.45, 7) is 1.25. The molecule has 0 atom stereocenters. The Bertz CT molecular complexity index is 1190. The lowest BCUT2D eigenvalue weighted by atomic mass is 9.89. The van der Waals surface area contributed by atoms with Crippen molar-refractivity contribution >= 4 is 22.6 Å². The highest BCUT2D eigenvalue weighted by atomic mass is 16.2. The summed E-state index contributed by atoms with van der Waals surface area (Å²) in [6.07, 6.45) is 1.44. The van der Waals surface area contributed by atoms with Crippen molar-refractivity contribution in [2.45, 2.75) is 25.8 Å². The fourth-order valence-electron chi connectivity index (χ4n) is 4.06. The Morgan fingerprint density at radius 1 is 0.933 bits per heavy atom. The number of aryl methyl sites for hydroxylation is 1. The molecule has 0 bridgehead atoms. The van der Waals surface area contributed by atoms with Crippen molar-refractivity contribution in [1.82, 2.24) is 14.5 Å². The number of nitrogens with zero attached hydrogens (tertiary/aromatic N) is 2. The monoisotopic (exact) mass is 405 g/mol. The number of aromatic amines is 1. The Labute approximate surface area is 173 Å². The van der Waals surface area contributed by atoms with Crippen LogP contribution in [0.25, 0.3) is 10.9 Å². The van der Waals surface area contributed by atoms with Crippen molar-refractivity contribution in [3.05, 3.63) is 81.0 Å². The van der Waals surface area contributed by atoms with Gasteiger partial charge in [-0.25, -0.2) is 4.79 Å². The first-order chi connectivity index (χ1) is 14.5. The zero-order chi connectivity index (χ0) is 21.1. The van der Waals surface area contributed by atoms with Crippen LogP contribution in [0.5, 0.6) is 0 Å². The number of carbonyl (C=O) groups excluding carboxylic acids is 2. The Hall–Kier alpha value is -3.48. The average Bonchev–Trinajstić information content (AvgIpc) is 2.79. The lowest BCUT2D eigenvalue weighted by Crippen LogP contribution is -2.41. The summed E-state index contributed by atoms with van der Waals surface area (Å²) in [4.78, 5) is 53.6. The normalized spacial score (nSPS) is 14.7. The van der Waals surface area contributed by atoms with E-state index < -0.39 is 11.2 Å². The van der Waals surface area contributed by atoms with Gasteiger partial charge in [0, 0.05) is 37.5 Å². The lowest BCUT2D eigenvalue weighted by molar-refractivity contribution is -0.132. The van der Waals surface area contributed by atoms with Crippen LogP contribution < -0.4 is 11.2 Å². The van der Waals surface area contributed by atoms with E-state index in [0.29, 0.717) is 42.4 Å². The SMILES string of the molecule is O=C(c1ccccc1)C1CCN(C(=O)CCn2c(=O)[nH]c(=O)c3ccccc32)CC1. The number of ketones is 1. The molecule has 0 saturated carbocycles. The third kappa shape index (κ3) is 3.96. The van der Waals surface area contributed by atoms with Gasteiger partial charge in [0.15, 0.2) is 5.78 Å². The van der Waals surface area contributed by atoms with E-state index in [9.17, 15) is 19.2 Å². The zero-order valence-electron chi connectivity index (χ0n) is 16.5. The van der Waals surface area contributed by atoms with E-state index >= 15 is 0 Å². The molecule has 1 N–H and O–H groups in total. The summed E-state index contributed by atoms with van der Waals surface area (Å²) < 4.78 is 1.43. The summed E-state index contributed by atoms with van der Waals surface area (Å²) in [5, 5.41) is 0.421. The van der Waals surface area contributed by atoms with Gasteiger partial charge in [0.25, 0.3) is 5.56 Å². The molecule has 1 aromatic heterocycles. The molecule has 154 valence electrons. The average molecular weight is 405 g/mol. The van der Waals surface area contributed by atoms with E-state index in [4.69, 9.17) is 0 Å². The van der Waals surface area contributed by atoms with Gasteiger partial charge in [0.2, 0.25) is 5.91 Å². The van der Waals surface area contributed by atoms with Crippen molar-refractivity contribution in [2.24, 2.45) is 5.92 Å². The second-order valence-electron chi connectivity index (χ2n) is 7.56. The Balaban J connectivity index is 1.38. The van der Waals surface area contributed by atoms with E-state index in [2.05, 4.69) is 4.98 Å². The fourth-order valence-corrected chi connectivity index (χ4v) is 4.06. The number of aromatic nitrogens is 2. The smallest absolute Gasteiger partial charge is 0.328 e. The Kier molecular flexibility index (Phi) is 5.61.